The van der Waals surface area contributed by atoms with Crippen LogP contribution in [-0.2, 0) is 0 Å². The highest BCUT2D eigenvalue weighted by atomic mass is 32.2. The van der Waals surface area contributed by atoms with Gasteiger partial charge < -0.3 is 5.11 Å². The van der Waals surface area contributed by atoms with E-state index >= 15 is 0 Å². The SMILES string of the molecule is Cc1ccc(S[C@@H]2C[C@H](C)C(F)(F)[C@@H]2O)cc1. The van der Waals surface area contributed by atoms with Gasteiger partial charge >= 0.3 is 0 Å². The first-order valence-corrected chi connectivity index (χ1v) is 6.58. The van der Waals surface area contributed by atoms with Gasteiger partial charge in [0.05, 0.1) is 0 Å². The molecule has 0 amide bonds. The van der Waals surface area contributed by atoms with Gasteiger partial charge in [0.15, 0.2) is 0 Å². The molecule has 0 heterocycles. The molecule has 0 radical (unpaired) electrons. The van der Waals surface area contributed by atoms with Gasteiger partial charge in [0.2, 0.25) is 0 Å². The topological polar surface area (TPSA) is 20.2 Å². The Hall–Kier alpha value is -0.610. The largest absolute Gasteiger partial charge is 0.386 e. The van der Waals surface area contributed by atoms with Crippen LogP contribution < -0.4 is 0 Å². The molecule has 3 atom stereocenters. The number of halogens is 2. The Kier molecular flexibility index (Phi) is 3.46. The van der Waals surface area contributed by atoms with Crippen molar-refractivity contribution in [2.75, 3.05) is 0 Å². The van der Waals surface area contributed by atoms with E-state index in [1.54, 1.807) is 0 Å². The van der Waals surface area contributed by atoms with Crippen LogP contribution >= 0.6 is 11.8 Å². The molecule has 0 aromatic heterocycles. The predicted octanol–water partition coefficient (Wildman–Crippen LogP) is 3.49. The molecule has 1 saturated carbocycles. The summed E-state index contributed by atoms with van der Waals surface area (Å²) in [6.45, 7) is 3.48. The maximum Gasteiger partial charge on any atom is 0.277 e. The first kappa shape index (κ1) is 12.8. The monoisotopic (exact) mass is 258 g/mol. The fraction of sp³-hybridized carbons (Fsp3) is 0.538. The quantitative estimate of drug-likeness (QED) is 0.876. The molecule has 94 valence electrons. The molecule has 4 heteroatoms. The number of hydrogen-bond acceptors (Lipinski definition) is 2. The van der Waals surface area contributed by atoms with E-state index in [9.17, 15) is 13.9 Å². The Morgan fingerprint density at radius 3 is 2.35 bits per heavy atom. The Balaban J connectivity index is 2.08. The highest BCUT2D eigenvalue weighted by Crippen LogP contribution is 2.46. The first-order valence-electron chi connectivity index (χ1n) is 5.70. The second kappa shape index (κ2) is 4.58. The van der Waals surface area contributed by atoms with Crippen molar-refractivity contribution in [2.24, 2.45) is 5.92 Å². The highest BCUT2D eigenvalue weighted by molar-refractivity contribution is 8.00. The molecular weight excluding hydrogens is 242 g/mol. The summed E-state index contributed by atoms with van der Waals surface area (Å²) in [6.07, 6.45) is -1.18. The van der Waals surface area contributed by atoms with E-state index in [4.69, 9.17) is 0 Å². The van der Waals surface area contributed by atoms with Crippen LogP contribution in [0.15, 0.2) is 29.2 Å². The molecule has 17 heavy (non-hydrogen) atoms. The molecule has 0 aliphatic heterocycles. The van der Waals surface area contributed by atoms with Crippen molar-refractivity contribution in [3.05, 3.63) is 29.8 Å². The van der Waals surface area contributed by atoms with E-state index in [1.165, 1.54) is 18.7 Å². The molecule has 1 nitrogen and oxygen atoms in total. The van der Waals surface area contributed by atoms with Crippen LogP contribution in [0.25, 0.3) is 0 Å². The summed E-state index contributed by atoms with van der Waals surface area (Å²) in [6, 6.07) is 7.72. The number of thioether (sulfide) groups is 1. The normalized spacial score (nSPS) is 31.7. The number of alkyl halides is 2. The zero-order valence-corrected chi connectivity index (χ0v) is 10.7. The van der Waals surface area contributed by atoms with Crippen LogP contribution in [0.4, 0.5) is 8.78 Å². The lowest BCUT2D eigenvalue weighted by molar-refractivity contribution is -0.109. The third-order valence-electron chi connectivity index (χ3n) is 3.30. The maximum absolute atomic E-state index is 13.5. The molecule has 1 aliphatic rings. The smallest absolute Gasteiger partial charge is 0.277 e. The van der Waals surface area contributed by atoms with Gasteiger partial charge in [0.1, 0.15) is 6.10 Å². The van der Waals surface area contributed by atoms with E-state index < -0.39 is 23.2 Å². The molecular formula is C13H16F2OS. The molecule has 2 rings (SSSR count). The minimum Gasteiger partial charge on any atom is -0.386 e. The fourth-order valence-electron chi connectivity index (χ4n) is 2.08. The molecule has 0 unspecified atom stereocenters. The van der Waals surface area contributed by atoms with Crippen molar-refractivity contribution in [3.8, 4) is 0 Å². The number of benzene rings is 1. The third kappa shape index (κ3) is 2.47. The van der Waals surface area contributed by atoms with Crippen molar-refractivity contribution in [1.29, 1.82) is 0 Å². The highest BCUT2D eigenvalue weighted by Gasteiger charge is 2.54. The minimum absolute atomic E-state index is 0.354. The number of aliphatic hydroxyl groups is 1. The Morgan fingerprint density at radius 1 is 1.29 bits per heavy atom. The lowest BCUT2D eigenvalue weighted by Crippen LogP contribution is -2.35. The summed E-state index contributed by atoms with van der Waals surface area (Å²) in [7, 11) is 0. The van der Waals surface area contributed by atoms with E-state index in [-0.39, 0.29) is 0 Å². The number of aryl methyl sites for hydroxylation is 1. The van der Waals surface area contributed by atoms with Crippen LogP contribution in [0.5, 0.6) is 0 Å². The van der Waals surface area contributed by atoms with Crippen LogP contribution in [0.1, 0.15) is 18.9 Å². The Labute approximate surface area is 104 Å². The van der Waals surface area contributed by atoms with Crippen molar-refractivity contribution in [1.82, 2.24) is 0 Å². The van der Waals surface area contributed by atoms with Gasteiger partial charge in [-0.25, -0.2) is 8.78 Å². The van der Waals surface area contributed by atoms with Gasteiger partial charge in [-0.3, -0.25) is 0 Å². The molecule has 1 aliphatic carbocycles. The van der Waals surface area contributed by atoms with Crippen LogP contribution in [0.2, 0.25) is 0 Å². The zero-order chi connectivity index (χ0) is 12.6. The summed E-state index contributed by atoms with van der Waals surface area (Å²) in [5, 5.41) is 9.22. The van der Waals surface area contributed by atoms with Crippen molar-refractivity contribution >= 4 is 11.8 Å². The first-order chi connectivity index (χ1) is 7.91. The number of hydrogen-bond donors (Lipinski definition) is 1. The lowest BCUT2D eigenvalue weighted by Gasteiger charge is -2.20. The molecule has 1 aromatic carbocycles. The zero-order valence-electron chi connectivity index (χ0n) is 9.86. The van der Waals surface area contributed by atoms with Crippen molar-refractivity contribution in [3.63, 3.8) is 0 Å². The third-order valence-corrected chi connectivity index (χ3v) is 4.60. The number of rotatable bonds is 2. The second-order valence-corrected chi connectivity index (χ2v) is 6.04. The standard InChI is InChI=1S/C13H16F2OS/c1-8-3-5-10(6-4-8)17-11-7-9(2)13(14,15)12(11)16/h3-6,9,11-12,16H,7H2,1-2H3/t9-,11+,12+/m0/s1. The molecule has 1 aromatic rings. The van der Waals surface area contributed by atoms with E-state index in [0.717, 1.165) is 10.5 Å². The van der Waals surface area contributed by atoms with Crippen molar-refractivity contribution < 1.29 is 13.9 Å². The summed E-state index contributed by atoms with van der Waals surface area (Å²) in [4.78, 5) is 0.935. The molecule has 0 spiro atoms. The van der Waals surface area contributed by atoms with E-state index in [2.05, 4.69) is 0 Å². The molecule has 1 N–H and O–H groups in total. The fourth-order valence-corrected chi connectivity index (χ4v) is 3.42. The van der Waals surface area contributed by atoms with Crippen LogP contribution in [0.3, 0.4) is 0 Å². The Morgan fingerprint density at radius 2 is 1.88 bits per heavy atom. The number of aliphatic hydroxyl groups excluding tert-OH is 1. The van der Waals surface area contributed by atoms with Gasteiger partial charge in [-0.15, -0.1) is 11.8 Å². The molecule has 0 saturated heterocycles. The molecule has 0 bridgehead atoms. The predicted molar refractivity (Wildman–Crippen MR) is 65.6 cm³/mol. The van der Waals surface area contributed by atoms with Gasteiger partial charge in [-0.1, -0.05) is 24.6 Å². The summed E-state index contributed by atoms with van der Waals surface area (Å²) >= 11 is 1.34. The average molecular weight is 258 g/mol. The maximum atomic E-state index is 13.5. The van der Waals surface area contributed by atoms with Gasteiger partial charge in [-0.2, -0.15) is 0 Å². The van der Waals surface area contributed by atoms with E-state index in [0.29, 0.717) is 6.42 Å². The lowest BCUT2D eigenvalue weighted by atomic mass is 10.1. The Bertz CT molecular complexity index is 391. The second-order valence-electron chi connectivity index (χ2n) is 4.73. The van der Waals surface area contributed by atoms with Gasteiger partial charge in [0, 0.05) is 16.1 Å². The minimum atomic E-state index is -2.96. The summed E-state index contributed by atoms with van der Waals surface area (Å²) in [5.74, 6) is -3.71. The van der Waals surface area contributed by atoms with Crippen LogP contribution in [0, 0.1) is 12.8 Å². The van der Waals surface area contributed by atoms with E-state index in [1.807, 2.05) is 31.2 Å². The van der Waals surface area contributed by atoms with Gasteiger partial charge in [-0.05, 0) is 25.5 Å². The van der Waals surface area contributed by atoms with Gasteiger partial charge in [0.25, 0.3) is 5.92 Å². The summed E-state index contributed by atoms with van der Waals surface area (Å²) < 4.78 is 27.0. The van der Waals surface area contributed by atoms with Crippen molar-refractivity contribution in [2.45, 2.75) is 42.4 Å². The summed E-state index contributed by atoms with van der Waals surface area (Å²) in [5.41, 5.74) is 1.14. The average Bonchev–Trinajstić information content (AvgIpc) is 2.46. The van der Waals surface area contributed by atoms with Crippen LogP contribution in [-0.4, -0.2) is 22.4 Å². The molecule has 1 fully saturated rings.